The van der Waals surface area contributed by atoms with E-state index in [1.165, 1.54) is 66.4 Å². The van der Waals surface area contributed by atoms with Crippen molar-refractivity contribution >= 4 is 28.0 Å². The van der Waals surface area contributed by atoms with Gasteiger partial charge in [-0.15, -0.1) is 0 Å². The Hall–Kier alpha value is -3.06. The van der Waals surface area contributed by atoms with Crippen molar-refractivity contribution in [3.05, 3.63) is 117 Å². The Kier molecular flexibility index (Phi) is 6.10. The lowest BCUT2D eigenvalue weighted by atomic mass is 9.12. The minimum Gasteiger partial charge on any atom is -0.195 e. The van der Waals surface area contributed by atoms with Crippen molar-refractivity contribution in [1.82, 2.24) is 0 Å². The lowest BCUT2D eigenvalue weighted by Crippen LogP contribution is -2.76. The third kappa shape index (κ3) is 3.74. The summed E-state index contributed by atoms with van der Waals surface area (Å²) in [6, 6.07) is 27.8. The second-order valence-corrected chi connectivity index (χ2v) is 10.1. The smallest absolute Gasteiger partial charge is 0.108 e. The van der Waals surface area contributed by atoms with Crippen molar-refractivity contribution in [3.8, 4) is 0 Å². The van der Waals surface area contributed by atoms with Gasteiger partial charge in [0.25, 0.3) is 0 Å². The second kappa shape index (κ2) is 8.71. The molecule has 0 atom stereocenters. The van der Waals surface area contributed by atoms with Crippen molar-refractivity contribution in [2.45, 2.75) is 55.4 Å². The zero-order valence-electron chi connectivity index (χ0n) is 21.5. The van der Waals surface area contributed by atoms with Gasteiger partial charge in [-0.2, -0.15) is 21.9 Å². The van der Waals surface area contributed by atoms with Gasteiger partial charge in [-0.3, -0.25) is 0 Å². The van der Waals surface area contributed by atoms with Crippen LogP contribution in [0.2, 0.25) is 0 Å². The lowest BCUT2D eigenvalue weighted by molar-refractivity contribution is 1.19. The topological polar surface area (TPSA) is 0 Å². The van der Waals surface area contributed by atoms with Crippen LogP contribution < -0.4 is 21.9 Å². The number of rotatable bonds is 4. The van der Waals surface area contributed by atoms with Crippen LogP contribution in [0.25, 0.3) is 0 Å². The first-order valence-corrected chi connectivity index (χ1v) is 12.1. The Labute approximate surface area is 200 Å². The van der Waals surface area contributed by atoms with E-state index in [1.807, 2.05) is 0 Å². The van der Waals surface area contributed by atoms with Crippen molar-refractivity contribution in [2.24, 2.45) is 0 Å². The van der Waals surface area contributed by atoms with Crippen LogP contribution in [0, 0.1) is 55.4 Å². The molecule has 0 spiro atoms. The van der Waals surface area contributed by atoms with Gasteiger partial charge >= 0.3 is 0 Å². The van der Waals surface area contributed by atoms with E-state index >= 15 is 0 Å². The molecule has 0 saturated heterocycles. The predicted octanol–water partition coefficient (Wildman–Crippen LogP) is 5.53. The predicted molar refractivity (Wildman–Crippen MR) is 148 cm³/mol. The quantitative estimate of drug-likeness (QED) is 0.373. The molecule has 0 aliphatic heterocycles. The Balaban J connectivity index is 2.27. The fraction of sp³-hybridized carbons (Fsp3) is 0.250. The highest BCUT2D eigenvalue weighted by molar-refractivity contribution is 7.20. The van der Waals surface area contributed by atoms with Crippen LogP contribution in [0.4, 0.5) is 0 Å². The lowest BCUT2D eigenvalue weighted by Gasteiger charge is -2.47. The maximum absolute atomic E-state index is 2.36. The highest BCUT2D eigenvalue weighted by Gasteiger charge is 2.35. The van der Waals surface area contributed by atoms with Gasteiger partial charge in [-0.25, -0.2) is 0 Å². The number of benzene rings is 4. The molecule has 0 N–H and O–H groups in total. The maximum Gasteiger partial charge on any atom is 0.108 e. The van der Waals surface area contributed by atoms with E-state index in [1.54, 1.807) is 0 Å². The molecular weight excluding hydrogens is 395 g/mol. The maximum atomic E-state index is 2.36. The van der Waals surface area contributed by atoms with Crippen LogP contribution in [0.5, 0.6) is 0 Å². The number of hydrogen-bond acceptors (Lipinski definition) is 0. The average Bonchev–Trinajstić information content (AvgIpc) is 2.81. The average molecular weight is 431 g/mol. The van der Waals surface area contributed by atoms with Crippen molar-refractivity contribution in [1.29, 1.82) is 0 Å². The van der Waals surface area contributed by atoms with Crippen LogP contribution in [-0.4, -0.2) is 6.15 Å². The molecule has 0 aromatic heterocycles. The third-order valence-corrected chi connectivity index (χ3v) is 8.22. The Morgan fingerprint density at radius 3 is 0.848 bits per heavy atom. The van der Waals surface area contributed by atoms with Crippen LogP contribution in [0.3, 0.4) is 0 Å². The minimum absolute atomic E-state index is 1.29. The summed E-state index contributed by atoms with van der Waals surface area (Å²) in [4.78, 5) is 0. The van der Waals surface area contributed by atoms with Crippen LogP contribution >= 0.6 is 0 Å². The Morgan fingerprint density at radius 2 is 0.576 bits per heavy atom. The summed E-state index contributed by atoms with van der Waals surface area (Å²) in [6.45, 7) is 18.0. The summed E-state index contributed by atoms with van der Waals surface area (Å²) in [5, 5.41) is 0. The number of hydrogen-bond donors (Lipinski definition) is 0. The first kappa shape index (κ1) is 23.1. The van der Waals surface area contributed by atoms with E-state index < -0.39 is 6.15 Å². The molecule has 0 aliphatic carbocycles. The first-order valence-electron chi connectivity index (χ1n) is 12.1. The molecule has 0 saturated carbocycles. The van der Waals surface area contributed by atoms with Gasteiger partial charge in [-0.1, -0.05) is 101 Å². The van der Waals surface area contributed by atoms with Crippen molar-refractivity contribution < 1.29 is 0 Å². The molecule has 0 aliphatic rings. The molecular formula is C32H36B-. The van der Waals surface area contributed by atoms with Crippen LogP contribution in [0.1, 0.15) is 44.5 Å². The van der Waals surface area contributed by atoms with Gasteiger partial charge < -0.3 is 0 Å². The molecule has 0 fully saturated rings. The summed E-state index contributed by atoms with van der Waals surface area (Å²) in [5.74, 6) is 0. The Morgan fingerprint density at radius 1 is 0.333 bits per heavy atom. The Bertz CT molecular complexity index is 1150. The van der Waals surface area contributed by atoms with Crippen molar-refractivity contribution in [3.63, 3.8) is 0 Å². The largest absolute Gasteiger partial charge is 0.195 e. The number of aryl methyl sites for hydroxylation is 3. The molecule has 4 aromatic carbocycles. The summed E-state index contributed by atoms with van der Waals surface area (Å²) < 4.78 is 0. The molecule has 1 heteroatoms. The third-order valence-electron chi connectivity index (χ3n) is 8.22. The van der Waals surface area contributed by atoms with E-state index in [-0.39, 0.29) is 0 Å². The van der Waals surface area contributed by atoms with E-state index in [0.717, 1.165) is 0 Å². The zero-order valence-corrected chi connectivity index (χ0v) is 21.5. The van der Waals surface area contributed by atoms with E-state index in [4.69, 9.17) is 0 Å². The standard InChI is InChI=1S/C32H36B/c1-21-9-15-29(16-10-21)33(30-17-11-22(2)12-18-30,31-19-13-23(3)14-20-31)32-27(7)25(5)24(4)26(6)28(32)8/h9-20H,1-8H3/q-1. The van der Waals surface area contributed by atoms with Crippen LogP contribution in [0.15, 0.2) is 72.8 Å². The summed E-state index contributed by atoms with van der Waals surface area (Å²) in [7, 11) is 0. The van der Waals surface area contributed by atoms with Gasteiger partial charge in [-0.05, 0) is 72.1 Å². The SMILES string of the molecule is Cc1ccc([B-](c2ccc(C)cc2)(c2ccc(C)cc2)c2c(C)c(C)c(C)c(C)c2C)cc1. The van der Waals surface area contributed by atoms with E-state index in [0.29, 0.717) is 0 Å². The van der Waals surface area contributed by atoms with Gasteiger partial charge in [0.05, 0.1) is 0 Å². The molecule has 0 amide bonds. The molecule has 0 unspecified atom stereocenters. The highest BCUT2D eigenvalue weighted by Crippen LogP contribution is 2.23. The van der Waals surface area contributed by atoms with Gasteiger partial charge in [0.2, 0.25) is 0 Å². The zero-order chi connectivity index (χ0) is 23.9. The molecule has 33 heavy (non-hydrogen) atoms. The molecule has 0 bridgehead atoms. The van der Waals surface area contributed by atoms with Gasteiger partial charge in [0.15, 0.2) is 0 Å². The molecule has 168 valence electrons. The van der Waals surface area contributed by atoms with Gasteiger partial charge in [0.1, 0.15) is 6.15 Å². The normalized spacial score (nSPS) is 11.6. The highest BCUT2D eigenvalue weighted by atomic mass is 14.2. The van der Waals surface area contributed by atoms with Crippen molar-refractivity contribution in [2.75, 3.05) is 0 Å². The summed E-state index contributed by atoms with van der Waals surface area (Å²) >= 11 is 0. The summed E-state index contributed by atoms with van der Waals surface area (Å²) in [6.07, 6.45) is -1.36. The molecule has 4 rings (SSSR count). The van der Waals surface area contributed by atoms with E-state index in [2.05, 4.69) is 128 Å². The van der Waals surface area contributed by atoms with E-state index in [9.17, 15) is 0 Å². The fourth-order valence-electron chi connectivity index (χ4n) is 5.82. The molecule has 4 aromatic rings. The molecule has 0 nitrogen and oxygen atoms in total. The summed E-state index contributed by atoms with van der Waals surface area (Å²) in [5.41, 5.74) is 16.5. The second-order valence-electron chi connectivity index (χ2n) is 10.1. The first-order chi connectivity index (χ1) is 15.7. The fourth-order valence-corrected chi connectivity index (χ4v) is 5.82. The monoisotopic (exact) mass is 431 g/mol. The molecule has 0 radical (unpaired) electrons. The van der Waals surface area contributed by atoms with Gasteiger partial charge in [0, 0.05) is 0 Å². The van der Waals surface area contributed by atoms with Crippen LogP contribution in [-0.2, 0) is 0 Å². The molecule has 0 heterocycles. The minimum atomic E-state index is -1.36.